The molecule has 2 aliphatic heterocycles. The third kappa shape index (κ3) is 4.26. The molecule has 5 rings (SSSR count). The molecule has 168 valence electrons. The van der Waals surface area contributed by atoms with E-state index in [2.05, 4.69) is 30.4 Å². The number of nitrogens with zero attached hydrogens (tertiary/aromatic N) is 5. The molecular weight excluding hydrogens is 432 g/mol. The SMILES string of the molecule is Cc1noc(C)c1-c1nc(CN2CCCN(C(=S)Nc3ccc4c(c3)OCO4)CC2)no1. The number of aromatic nitrogens is 3. The molecular formula is C21H24N6O4S. The van der Waals surface area contributed by atoms with Crippen molar-refractivity contribution in [2.24, 2.45) is 0 Å². The first kappa shape index (κ1) is 20.7. The van der Waals surface area contributed by atoms with E-state index in [-0.39, 0.29) is 6.79 Å². The predicted octanol–water partition coefficient (Wildman–Crippen LogP) is 2.97. The van der Waals surface area contributed by atoms with Gasteiger partial charge in [0.15, 0.2) is 22.4 Å². The molecule has 4 heterocycles. The molecule has 0 amide bonds. The van der Waals surface area contributed by atoms with E-state index in [0.717, 1.165) is 61.0 Å². The van der Waals surface area contributed by atoms with Crippen molar-refractivity contribution in [3.63, 3.8) is 0 Å². The van der Waals surface area contributed by atoms with Crippen LogP contribution in [0.15, 0.2) is 27.2 Å². The molecule has 32 heavy (non-hydrogen) atoms. The van der Waals surface area contributed by atoms with E-state index >= 15 is 0 Å². The van der Waals surface area contributed by atoms with E-state index in [9.17, 15) is 0 Å². The van der Waals surface area contributed by atoms with E-state index in [1.54, 1.807) is 0 Å². The molecule has 3 aromatic rings. The third-order valence-corrected chi connectivity index (χ3v) is 5.94. The average Bonchev–Trinajstić information content (AvgIpc) is 3.45. The molecule has 0 atom stereocenters. The first-order valence-corrected chi connectivity index (χ1v) is 10.9. The Labute approximate surface area is 190 Å². The quantitative estimate of drug-likeness (QED) is 0.586. The van der Waals surface area contributed by atoms with Gasteiger partial charge in [0.25, 0.3) is 5.89 Å². The number of hydrogen-bond donors (Lipinski definition) is 1. The third-order valence-electron chi connectivity index (χ3n) is 5.58. The van der Waals surface area contributed by atoms with Crippen molar-refractivity contribution in [3.05, 3.63) is 35.5 Å². The minimum absolute atomic E-state index is 0.255. The number of fused-ring (bicyclic) bond motifs is 1. The van der Waals surface area contributed by atoms with Gasteiger partial charge in [-0.15, -0.1) is 0 Å². The zero-order chi connectivity index (χ0) is 22.1. The van der Waals surface area contributed by atoms with Gasteiger partial charge >= 0.3 is 0 Å². The fourth-order valence-corrected chi connectivity index (χ4v) is 4.22. The molecule has 0 unspecified atom stereocenters. The second kappa shape index (κ2) is 8.75. The standard InChI is InChI=1S/C21H24N6O4S/c1-13-19(14(2)30-24-13)20-23-18(25-31-20)11-26-6-3-7-27(9-8-26)21(32)22-15-4-5-16-17(10-15)29-12-28-16/h4-5,10H,3,6-9,11-12H2,1-2H3,(H,22,32). The summed E-state index contributed by atoms with van der Waals surface area (Å²) in [5.74, 6) is 3.25. The van der Waals surface area contributed by atoms with Crippen LogP contribution in [0, 0.1) is 13.8 Å². The molecule has 1 aromatic carbocycles. The molecule has 11 heteroatoms. The van der Waals surface area contributed by atoms with Crippen molar-refractivity contribution in [1.29, 1.82) is 0 Å². The van der Waals surface area contributed by atoms with E-state index in [0.29, 0.717) is 29.1 Å². The Hall–Kier alpha value is -3.18. The van der Waals surface area contributed by atoms with E-state index in [4.69, 9.17) is 30.7 Å². The Morgan fingerprint density at radius 2 is 1.94 bits per heavy atom. The molecule has 0 spiro atoms. The highest BCUT2D eigenvalue weighted by Gasteiger charge is 2.22. The summed E-state index contributed by atoms with van der Waals surface area (Å²) in [7, 11) is 0. The molecule has 0 radical (unpaired) electrons. The topological polar surface area (TPSA) is 102 Å². The van der Waals surface area contributed by atoms with Gasteiger partial charge in [0.05, 0.1) is 12.2 Å². The van der Waals surface area contributed by atoms with Crippen molar-refractivity contribution >= 4 is 23.0 Å². The summed E-state index contributed by atoms with van der Waals surface area (Å²) in [6, 6.07) is 5.74. The molecule has 1 saturated heterocycles. The van der Waals surface area contributed by atoms with Crippen LogP contribution >= 0.6 is 12.2 Å². The zero-order valence-electron chi connectivity index (χ0n) is 18.0. The summed E-state index contributed by atoms with van der Waals surface area (Å²) in [4.78, 5) is 9.04. The van der Waals surface area contributed by atoms with Crippen LogP contribution in [0.4, 0.5) is 5.69 Å². The lowest BCUT2D eigenvalue weighted by Gasteiger charge is -2.24. The van der Waals surface area contributed by atoms with Crippen LogP contribution in [0.2, 0.25) is 0 Å². The largest absolute Gasteiger partial charge is 0.454 e. The van der Waals surface area contributed by atoms with E-state index in [1.165, 1.54) is 0 Å². The molecule has 0 aliphatic carbocycles. The van der Waals surface area contributed by atoms with Crippen LogP contribution in [-0.2, 0) is 6.54 Å². The number of nitrogens with one attached hydrogen (secondary N) is 1. The minimum atomic E-state index is 0.255. The lowest BCUT2D eigenvalue weighted by atomic mass is 10.2. The normalized spacial score (nSPS) is 16.2. The number of rotatable bonds is 4. The summed E-state index contributed by atoms with van der Waals surface area (Å²) < 4.78 is 21.5. The Kier molecular flexibility index (Phi) is 5.66. The first-order valence-electron chi connectivity index (χ1n) is 10.5. The highest BCUT2D eigenvalue weighted by atomic mass is 32.1. The summed E-state index contributed by atoms with van der Waals surface area (Å²) >= 11 is 5.66. The van der Waals surface area contributed by atoms with Gasteiger partial charge in [0.1, 0.15) is 11.3 Å². The Balaban J connectivity index is 1.17. The number of ether oxygens (including phenoxy) is 2. The van der Waals surface area contributed by atoms with Crippen LogP contribution in [-0.4, -0.2) is 63.2 Å². The Morgan fingerprint density at radius 1 is 1.06 bits per heavy atom. The van der Waals surface area contributed by atoms with Crippen molar-refractivity contribution in [3.8, 4) is 23.0 Å². The molecule has 1 fully saturated rings. The smallest absolute Gasteiger partial charge is 0.263 e. The number of hydrogen-bond acceptors (Lipinski definition) is 9. The number of anilines is 1. The summed E-state index contributed by atoms with van der Waals surface area (Å²) in [5.41, 5.74) is 2.40. The van der Waals surface area contributed by atoms with E-state index in [1.807, 2.05) is 32.0 Å². The summed E-state index contributed by atoms with van der Waals surface area (Å²) in [5, 5.41) is 12.1. The van der Waals surface area contributed by atoms with Gasteiger partial charge in [-0.3, -0.25) is 4.90 Å². The minimum Gasteiger partial charge on any atom is -0.454 e. The van der Waals surface area contributed by atoms with Crippen LogP contribution in [0.3, 0.4) is 0 Å². The fraction of sp³-hybridized carbons (Fsp3) is 0.429. The second-order valence-electron chi connectivity index (χ2n) is 7.83. The van der Waals surface area contributed by atoms with Gasteiger partial charge in [-0.05, 0) is 44.6 Å². The van der Waals surface area contributed by atoms with Gasteiger partial charge in [0.2, 0.25) is 6.79 Å². The molecule has 0 bridgehead atoms. The average molecular weight is 457 g/mol. The second-order valence-corrected chi connectivity index (χ2v) is 8.22. The lowest BCUT2D eigenvalue weighted by molar-refractivity contribution is 0.174. The highest BCUT2D eigenvalue weighted by Crippen LogP contribution is 2.34. The van der Waals surface area contributed by atoms with Gasteiger partial charge in [-0.1, -0.05) is 10.3 Å². The molecule has 2 aromatic heterocycles. The van der Waals surface area contributed by atoms with E-state index < -0.39 is 0 Å². The monoisotopic (exact) mass is 456 g/mol. The number of thiocarbonyl (C=S) groups is 1. The maximum Gasteiger partial charge on any atom is 0.263 e. The summed E-state index contributed by atoms with van der Waals surface area (Å²) in [6.07, 6.45) is 0.984. The van der Waals surface area contributed by atoms with Crippen LogP contribution in [0.1, 0.15) is 23.7 Å². The number of aryl methyl sites for hydroxylation is 2. The maximum absolute atomic E-state index is 5.66. The van der Waals surface area contributed by atoms with Crippen molar-refractivity contribution in [2.45, 2.75) is 26.8 Å². The van der Waals surface area contributed by atoms with Gasteiger partial charge in [-0.25, -0.2) is 0 Å². The Morgan fingerprint density at radius 3 is 2.78 bits per heavy atom. The molecule has 10 nitrogen and oxygen atoms in total. The van der Waals surface area contributed by atoms with Crippen molar-refractivity contribution < 1.29 is 18.5 Å². The molecule has 1 N–H and O–H groups in total. The lowest BCUT2D eigenvalue weighted by Crippen LogP contribution is -2.37. The Bertz CT molecular complexity index is 1110. The first-order chi connectivity index (χ1) is 15.6. The highest BCUT2D eigenvalue weighted by molar-refractivity contribution is 7.80. The van der Waals surface area contributed by atoms with Crippen LogP contribution in [0.25, 0.3) is 11.5 Å². The summed E-state index contributed by atoms with van der Waals surface area (Å²) in [6.45, 7) is 8.03. The fourth-order valence-electron chi connectivity index (χ4n) is 3.92. The van der Waals surface area contributed by atoms with Crippen molar-refractivity contribution in [2.75, 3.05) is 38.3 Å². The number of benzene rings is 1. The van der Waals surface area contributed by atoms with Crippen molar-refractivity contribution in [1.82, 2.24) is 25.1 Å². The molecule has 2 aliphatic rings. The van der Waals surface area contributed by atoms with Gasteiger partial charge in [-0.2, -0.15) is 4.98 Å². The van der Waals surface area contributed by atoms with Crippen LogP contribution in [0.5, 0.6) is 11.5 Å². The van der Waals surface area contributed by atoms with Crippen LogP contribution < -0.4 is 14.8 Å². The zero-order valence-corrected chi connectivity index (χ0v) is 18.8. The maximum atomic E-state index is 5.66. The van der Waals surface area contributed by atoms with Gasteiger partial charge < -0.3 is 28.7 Å². The predicted molar refractivity (Wildman–Crippen MR) is 120 cm³/mol. The van der Waals surface area contributed by atoms with Gasteiger partial charge in [0, 0.05) is 37.9 Å². The molecule has 0 saturated carbocycles.